The van der Waals surface area contributed by atoms with Gasteiger partial charge < -0.3 is 9.53 Å². The highest BCUT2D eigenvalue weighted by Crippen LogP contribution is 2.45. The van der Waals surface area contributed by atoms with Crippen molar-refractivity contribution in [3.63, 3.8) is 0 Å². The molecule has 3 aromatic rings. The smallest absolute Gasteiger partial charge is 0.309 e. The van der Waals surface area contributed by atoms with Gasteiger partial charge in [-0.15, -0.1) is 0 Å². The Balaban J connectivity index is 2.26. The molecule has 0 amide bonds. The van der Waals surface area contributed by atoms with E-state index in [4.69, 9.17) is 4.43 Å². The summed E-state index contributed by atoms with van der Waals surface area (Å²) in [5, 5.41) is 13.5. The van der Waals surface area contributed by atoms with Gasteiger partial charge in [0.15, 0.2) is 14.1 Å². The van der Waals surface area contributed by atoms with Gasteiger partial charge in [-0.2, -0.15) is 0 Å². The SMILES string of the molecule is CC(C)(C)C(C(=O)O)[C@@H](CC(=O)C=P(c1ccccc1)(c1ccccc1)c1ccccc1)O[Si](C)(C)C(C)(C)C. The predicted octanol–water partition coefficient (Wildman–Crippen LogP) is 6.88. The van der Waals surface area contributed by atoms with Crippen LogP contribution in [0.2, 0.25) is 18.1 Å². The van der Waals surface area contributed by atoms with Gasteiger partial charge >= 0.3 is 5.97 Å². The minimum atomic E-state index is -2.51. The molecule has 6 heteroatoms. The molecule has 0 aliphatic heterocycles. The Kier molecular flexibility index (Phi) is 9.88. The molecule has 0 saturated heterocycles. The first-order chi connectivity index (χ1) is 18.6. The second-order valence-electron chi connectivity index (χ2n) is 13.1. The van der Waals surface area contributed by atoms with Gasteiger partial charge in [0.05, 0.1) is 12.0 Å². The summed E-state index contributed by atoms with van der Waals surface area (Å²) in [4.78, 5) is 27.0. The van der Waals surface area contributed by atoms with Crippen LogP contribution in [0.4, 0.5) is 0 Å². The van der Waals surface area contributed by atoms with Crippen LogP contribution < -0.4 is 15.9 Å². The molecule has 1 N–H and O–H groups in total. The van der Waals surface area contributed by atoms with Crippen LogP contribution in [0.5, 0.6) is 0 Å². The van der Waals surface area contributed by atoms with Crippen molar-refractivity contribution in [2.24, 2.45) is 11.3 Å². The van der Waals surface area contributed by atoms with Gasteiger partial charge in [0.2, 0.25) is 0 Å². The van der Waals surface area contributed by atoms with Crippen LogP contribution in [-0.2, 0) is 14.0 Å². The zero-order chi connectivity index (χ0) is 29.8. The van der Waals surface area contributed by atoms with Crippen molar-refractivity contribution in [1.82, 2.24) is 0 Å². The van der Waals surface area contributed by atoms with Crippen LogP contribution in [0.3, 0.4) is 0 Å². The Morgan fingerprint density at radius 2 is 1.15 bits per heavy atom. The fourth-order valence-corrected chi connectivity index (χ4v) is 10.1. The molecule has 0 saturated carbocycles. The number of hydrogen-bond acceptors (Lipinski definition) is 3. The molecular weight excluding hydrogens is 531 g/mol. The van der Waals surface area contributed by atoms with Crippen molar-refractivity contribution < 1.29 is 19.1 Å². The molecule has 0 bridgehead atoms. The molecule has 1 unspecified atom stereocenters. The number of carboxylic acid groups (broad SMARTS) is 1. The third-order valence-corrected chi connectivity index (χ3v) is 16.6. The first-order valence-corrected chi connectivity index (χ1v) is 18.7. The van der Waals surface area contributed by atoms with Crippen molar-refractivity contribution in [2.45, 2.75) is 72.2 Å². The number of aliphatic carboxylic acids is 1. The van der Waals surface area contributed by atoms with Gasteiger partial charge in [-0.3, -0.25) is 9.59 Å². The highest BCUT2D eigenvalue weighted by atomic mass is 31.2. The van der Waals surface area contributed by atoms with E-state index in [0.29, 0.717) is 0 Å². The molecular formula is C34H45O4PSi. The van der Waals surface area contributed by atoms with E-state index < -0.39 is 38.6 Å². The summed E-state index contributed by atoms with van der Waals surface area (Å²) < 4.78 is 6.78. The van der Waals surface area contributed by atoms with Gasteiger partial charge in [0.25, 0.3) is 0 Å². The molecule has 2 atom stereocenters. The Hall–Kier alpha value is -2.72. The van der Waals surface area contributed by atoms with E-state index in [1.165, 1.54) is 0 Å². The minimum absolute atomic E-state index is 0.00893. The predicted molar refractivity (Wildman–Crippen MR) is 173 cm³/mol. The van der Waals surface area contributed by atoms with E-state index in [2.05, 4.69) is 70.3 Å². The lowest BCUT2D eigenvalue weighted by molar-refractivity contribution is -0.151. The number of benzene rings is 3. The highest BCUT2D eigenvalue weighted by Gasteiger charge is 2.46. The fraction of sp³-hybridized carbons (Fsp3) is 0.382. The summed E-state index contributed by atoms with van der Waals surface area (Å²) in [6, 6.07) is 30.6. The topological polar surface area (TPSA) is 63.6 Å². The second kappa shape index (κ2) is 12.4. The van der Waals surface area contributed by atoms with Gasteiger partial charge in [-0.1, -0.05) is 133 Å². The lowest BCUT2D eigenvalue weighted by Crippen LogP contribution is -2.50. The fourth-order valence-electron chi connectivity index (χ4n) is 5.00. The number of carbonyl (C=O) groups is 2. The molecule has 3 rings (SSSR count). The Bertz CT molecular complexity index is 1230. The molecule has 0 radical (unpaired) electrons. The highest BCUT2D eigenvalue weighted by molar-refractivity contribution is 7.95. The van der Waals surface area contributed by atoms with Crippen LogP contribution in [0.25, 0.3) is 0 Å². The van der Waals surface area contributed by atoms with Crippen LogP contribution in [-0.4, -0.2) is 37.1 Å². The zero-order valence-electron chi connectivity index (χ0n) is 25.2. The van der Waals surface area contributed by atoms with E-state index in [-0.39, 0.29) is 17.2 Å². The Morgan fingerprint density at radius 3 is 1.45 bits per heavy atom. The maximum atomic E-state index is 14.3. The summed E-state index contributed by atoms with van der Waals surface area (Å²) >= 11 is 0. The lowest BCUT2D eigenvalue weighted by Gasteiger charge is -2.43. The van der Waals surface area contributed by atoms with E-state index in [1.54, 1.807) is 0 Å². The number of rotatable bonds is 10. The van der Waals surface area contributed by atoms with Gasteiger partial charge in [-0.05, 0) is 52.1 Å². The first-order valence-electron chi connectivity index (χ1n) is 13.9. The molecule has 4 nitrogen and oxygen atoms in total. The third kappa shape index (κ3) is 7.12. The van der Waals surface area contributed by atoms with Crippen molar-refractivity contribution in [2.75, 3.05) is 0 Å². The van der Waals surface area contributed by atoms with Gasteiger partial charge in [0.1, 0.15) is 0 Å². The average molecular weight is 577 g/mol. The van der Waals surface area contributed by atoms with Crippen LogP contribution >= 0.6 is 6.89 Å². The molecule has 3 aromatic carbocycles. The molecule has 214 valence electrons. The lowest BCUT2D eigenvalue weighted by atomic mass is 9.76. The van der Waals surface area contributed by atoms with E-state index >= 15 is 0 Å². The molecule has 0 heterocycles. The van der Waals surface area contributed by atoms with Crippen molar-refractivity contribution >= 4 is 48.7 Å². The minimum Gasteiger partial charge on any atom is -0.481 e. The Morgan fingerprint density at radius 1 is 0.775 bits per heavy atom. The standard InChI is InChI=1S/C34H45O4PSi/c1-33(2,3)31(32(36)37)30(38-40(7,8)34(4,5)6)24-26(35)25-39(27-18-12-9-13-19-27,28-20-14-10-15-21-28)29-22-16-11-17-23-29/h9-23,25,30-31H,24H2,1-8H3,(H,36,37)/t30-,31?/m1/s1. The molecule has 0 aromatic heterocycles. The normalized spacial score (nSPS) is 14.3. The second-order valence-corrected chi connectivity index (χ2v) is 21.1. The van der Waals surface area contributed by atoms with E-state index in [1.807, 2.05) is 81.2 Å². The average Bonchev–Trinajstić information content (AvgIpc) is 2.87. The summed E-state index contributed by atoms with van der Waals surface area (Å²) in [5.74, 6) is 0.0385. The van der Waals surface area contributed by atoms with Crippen LogP contribution in [0.1, 0.15) is 48.0 Å². The largest absolute Gasteiger partial charge is 0.481 e. The molecule has 0 spiro atoms. The third-order valence-electron chi connectivity index (χ3n) is 8.05. The maximum Gasteiger partial charge on any atom is 0.309 e. The number of carbonyl (C=O) groups excluding carboxylic acids is 1. The monoisotopic (exact) mass is 576 g/mol. The van der Waals surface area contributed by atoms with E-state index in [0.717, 1.165) is 15.9 Å². The number of ketones is 1. The van der Waals surface area contributed by atoms with Crippen LogP contribution in [0, 0.1) is 11.3 Å². The summed E-state index contributed by atoms with van der Waals surface area (Å²) in [6.07, 6.45) is -0.735. The molecule has 0 fully saturated rings. The zero-order valence-corrected chi connectivity index (χ0v) is 27.1. The van der Waals surface area contributed by atoms with Crippen molar-refractivity contribution in [3.05, 3.63) is 91.0 Å². The van der Waals surface area contributed by atoms with Gasteiger partial charge in [0, 0.05) is 6.42 Å². The van der Waals surface area contributed by atoms with Crippen molar-refractivity contribution in [1.29, 1.82) is 0 Å². The number of carboxylic acids is 1. The summed E-state index contributed by atoms with van der Waals surface area (Å²) in [6.45, 7) is 13.9. The molecule has 40 heavy (non-hydrogen) atoms. The van der Waals surface area contributed by atoms with E-state index in [9.17, 15) is 14.7 Å². The quantitative estimate of drug-likeness (QED) is 0.211. The van der Waals surface area contributed by atoms with Crippen LogP contribution in [0.15, 0.2) is 91.0 Å². The first kappa shape index (κ1) is 31.8. The number of hydrogen-bond donors (Lipinski definition) is 1. The summed E-state index contributed by atoms with van der Waals surface area (Å²) in [7, 11) is -2.39. The maximum absolute atomic E-state index is 14.3. The van der Waals surface area contributed by atoms with Gasteiger partial charge in [-0.25, -0.2) is 0 Å². The molecule has 0 aliphatic rings. The van der Waals surface area contributed by atoms with Crippen molar-refractivity contribution in [3.8, 4) is 0 Å². The molecule has 0 aliphatic carbocycles. The summed E-state index contributed by atoms with van der Waals surface area (Å²) in [5.41, 5.74) is -0.594. The number of Topliss-reactive ketones (excluding diaryl/α,β-unsaturated/α-hetero) is 1. The Labute approximate surface area is 241 Å².